The maximum atomic E-state index is 10.6. The van der Waals surface area contributed by atoms with Gasteiger partial charge in [0, 0.05) is 18.8 Å². The van der Waals surface area contributed by atoms with Crippen LogP contribution in [0.3, 0.4) is 0 Å². The van der Waals surface area contributed by atoms with Crippen molar-refractivity contribution in [3.05, 3.63) is 29.8 Å². The molecule has 1 heterocycles. The molecule has 2 nitrogen and oxygen atoms in total. The Kier molecular flexibility index (Phi) is 3.41. The first-order valence-electron chi connectivity index (χ1n) is 5.25. The van der Waals surface area contributed by atoms with Crippen LogP contribution in [0, 0.1) is 0 Å². The van der Waals surface area contributed by atoms with Gasteiger partial charge >= 0.3 is 0 Å². The number of nitrogens with zero attached hydrogens (tertiary/aromatic N) is 1. The Hall–Kier alpha value is -0.830. The van der Waals surface area contributed by atoms with E-state index in [-0.39, 0.29) is 4.83 Å². The molecule has 1 saturated heterocycles. The highest BCUT2D eigenvalue weighted by atomic mass is 79.9. The molecule has 1 atom stereocenters. The van der Waals surface area contributed by atoms with E-state index < -0.39 is 0 Å². The number of hydrogen-bond acceptors (Lipinski definition) is 2. The van der Waals surface area contributed by atoms with E-state index in [2.05, 4.69) is 33.0 Å². The molecule has 0 aromatic heterocycles. The first kappa shape index (κ1) is 10.7. The van der Waals surface area contributed by atoms with Crippen molar-refractivity contribution < 1.29 is 4.79 Å². The minimum Gasteiger partial charge on any atom is -0.372 e. The summed E-state index contributed by atoms with van der Waals surface area (Å²) < 4.78 is 0. The van der Waals surface area contributed by atoms with Gasteiger partial charge in [-0.2, -0.15) is 0 Å². The SMILES string of the molecule is O=CC(Br)c1ccc(N2CCCC2)cc1. The van der Waals surface area contributed by atoms with Crippen molar-refractivity contribution in [3.63, 3.8) is 0 Å². The van der Waals surface area contributed by atoms with Gasteiger partial charge in [0.15, 0.2) is 0 Å². The lowest BCUT2D eigenvalue weighted by atomic mass is 10.1. The second-order valence-electron chi connectivity index (χ2n) is 3.82. The van der Waals surface area contributed by atoms with Crippen LogP contribution in [0.25, 0.3) is 0 Å². The molecule has 2 rings (SSSR count). The van der Waals surface area contributed by atoms with E-state index in [1.165, 1.54) is 18.5 Å². The van der Waals surface area contributed by atoms with Crippen LogP contribution >= 0.6 is 15.9 Å². The topological polar surface area (TPSA) is 20.3 Å². The minimum absolute atomic E-state index is 0.176. The van der Waals surface area contributed by atoms with Crippen LogP contribution in [-0.4, -0.2) is 19.4 Å². The smallest absolute Gasteiger partial charge is 0.138 e. The van der Waals surface area contributed by atoms with Crippen molar-refractivity contribution in [2.45, 2.75) is 17.7 Å². The third-order valence-electron chi connectivity index (χ3n) is 2.80. The van der Waals surface area contributed by atoms with E-state index in [0.29, 0.717) is 0 Å². The molecule has 1 aromatic rings. The fourth-order valence-electron chi connectivity index (χ4n) is 1.92. The molecule has 0 saturated carbocycles. The summed E-state index contributed by atoms with van der Waals surface area (Å²) in [4.78, 5) is 12.8. The Morgan fingerprint density at radius 1 is 1.20 bits per heavy atom. The van der Waals surface area contributed by atoms with Gasteiger partial charge in [-0.3, -0.25) is 0 Å². The zero-order valence-electron chi connectivity index (χ0n) is 8.53. The van der Waals surface area contributed by atoms with Crippen LogP contribution < -0.4 is 4.90 Å². The number of carbonyl (C=O) groups is 1. The molecule has 0 aliphatic carbocycles. The summed E-state index contributed by atoms with van der Waals surface area (Å²) in [5, 5.41) is 0. The minimum atomic E-state index is -0.176. The highest BCUT2D eigenvalue weighted by Crippen LogP contribution is 2.25. The number of carbonyl (C=O) groups excluding carboxylic acids is 1. The monoisotopic (exact) mass is 267 g/mol. The number of halogens is 1. The molecule has 3 heteroatoms. The number of rotatable bonds is 3. The lowest BCUT2D eigenvalue weighted by molar-refractivity contribution is -0.107. The molecule has 80 valence electrons. The Morgan fingerprint density at radius 3 is 2.33 bits per heavy atom. The van der Waals surface area contributed by atoms with Crippen LogP contribution in [0.4, 0.5) is 5.69 Å². The molecule has 1 fully saturated rings. The standard InChI is InChI=1S/C12H14BrNO/c13-12(9-15)10-3-5-11(6-4-10)14-7-1-2-8-14/h3-6,9,12H,1-2,7-8H2. The van der Waals surface area contributed by atoms with Crippen LogP contribution in [0.1, 0.15) is 23.2 Å². The van der Waals surface area contributed by atoms with Gasteiger partial charge in [0.05, 0.1) is 4.83 Å². The average Bonchev–Trinajstić information content (AvgIpc) is 2.82. The molecule has 1 unspecified atom stereocenters. The lowest BCUT2D eigenvalue weighted by Gasteiger charge is -2.17. The van der Waals surface area contributed by atoms with Crippen molar-refractivity contribution in [1.82, 2.24) is 0 Å². The number of alkyl halides is 1. The molecular formula is C12H14BrNO. The first-order chi connectivity index (χ1) is 7.31. The van der Waals surface area contributed by atoms with Crippen molar-refractivity contribution in [2.24, 2.45) is 0 Å². The van der Waals surface area contributed by atoms with Gasteiger partial charge in [0.1, 0.15) is 6.29 Å². The van der Waals surface area contributed by atoms with Crippen molar-refractivity contribution in [3.8, 4) is 0 Å². The molecule has 0 radical (unpaired) electrons. The predicted octanol–water partition coefficient (Wildman–Crippen LogP) is 2.92. The summed E-state index contributed by atoms with van der Waals surface area (Å²) in [6.07, 6.45) is 3.49. The summed E-state index contributed by atoms with van der Waals surface area (Å²) in [6, 6.07) is 8.22. The van der Waals surface area contributed by atoms with Crippen LogP contribution in [0.15, 0.2) is 24.3 Å². The van der Waals surface area contributed by atoms with E-state index in [9.17, 15) is 4.79 Å². The van der Waals surface area contributed by atoms with E-state index in [4.69, 9.17) is 0 Å². The fourth-order valence-corrected chi connectivity index (χ4v) is 2.23. The number of aldehydes is 1. The van der Waals surface area contributed by atoms with Crippen LogP contribution in [-0.2, 0) is 4.79 Å². The fraction of sp³-hybridized carbons (Fsp3) is 0.417. The quantitative estimate of drug-likeness (QED) is 0.620. The summed E-state index contributed by atoms with van der Waals surface area (Å²) >= 11 is 3.31. The van der Waals surface area contributed by atoms with Crippen LogP contribution in [0.5, 0.6) is 0 Å². The second kappa shape index (κ2) is 4.79. The van der Waals surface area contributed by atoms with Crippen molar-refractivity contribution >= 4 is 27.9 Å². The Balaban J connectivity index is 2.12. The Morgan fingerprint density at radius 2 is 1.80 bits per heavy atom. The van der Waals surface area contributed by atoms with Gasteiger partial charge in [-0.25, -0.2) is 0 Å². The normalized spacial score (nSPS) is 17.8. The summed E-state index contributed by atoms with van der Waals surface area (Å²) in [5.74, 6) is 0. The largest absolute Gasteiger partial charge is 0.372 e. The van der Waals surface area contributed by atoms with E-state index in [1.54, 1.807) is 0 Å². The maximum absolute atomic E-state index is 10.6. The molecule has 1 aliphatic rings. The number of hydrogen-bond donors (Lipinski definition) is 0. The van der Waals surface area contributed by atoms with E-state index >= 15 is 0 Å². The molecule has 0 spiro atoms. The lowest BCUT2D eigenvalue weighted by Crippen LogP contribution is -2.17. The Labute approximate surface area is 98.4 Å². The Bertz CT molecular complexity index is 330. The van der Waals surface area contributed by atoms with Gasteiger partial charge in [-0.15, -0.1) is 0 Å². The summed E-state index contributed by atoms with van der Waals surface area (Å²) in [6.45, 7) is 2.32. The van der Waals surface area contributed by atoms with Gasteiger partial charge in [0.2, 0.25) is 0 Å². The molecule has 1 aromatic carbocycles. The summed E-state index contributed by atoms with van der Waals surface area (Å²) in [5.41, 5.74) is 2.29. The summed E-state index contributed by atoms with van der Waals surface area (Å²) in [7, 11) is 0. The second-order valence-corrected chi connectivity index (χ2v) is 4.81. The zero-order valence-corrected chi connectivity index (χ0v) is 10.1. The van der Waals surface area contributed by atoms with Crippen LogP contribution in [0.2, 0.25) is 0 Å². The molecule has 15 heavy (non-hydrogen) atoms. The van der Waals surface area contributed by atoms with Gasteiger partial charge in [-0.1, -0.05) is 28.1 Å². The highest BCUT2D eigenvalue weighted by Gasteiger charge is 2.12. The third kappa shape index (κ3) is 2.40. The zero-order chi connectivity index (χ0) is 10.7. The predicted molar refractivity (Wildman–Crippen MR) is 65.6 cm³/mol. The number of anilines is 1. The molecule has 0 N–H and O–H groups in total. The van der Waals surface area contributed by atoms with E-state index in [1.807, 2.05) is 12.1 Å². The van der Waals surface area contributed by atoms with Gasteiger partial charge in [-0.05, 0) is 30.5 Å². The molecule has 0 amide bonds. The third-order valence-corrected chi connectivity index (χ3v) is 3.55. The average molecular weight is 268 g/mol. The first-order valence-corrected chi connectivity index (χ1v) is 6.17. The molecule has 1 aliphatic heterocycles. The van der Waals surface area contributed by atoms with Gasteiger partial charge in [0.25, 0.3) is 0 Å². The van der Waals surface area contributed by atoms with Crippen molar-refractivity contribution in [2.75, 3.05) is 18.0 Å². The van der Waals surface area contributed by atoms with E-state index in [0.717, 1.165) is 24.9 Å². The van der Waals surface area contributed by atoms with Gasteiger partial charge < -0.3 is 9.69 Å². The molecular weight excluding hydrogens is 254 g/mol. The maximum Gasteiger partial charge on any atom is 0.138 e. The number of benzene rings is 1. The highest BCUT2D eigenvalue weighted by molar-refractivity contribution is 9.09. The molecule has 0 bridgehead atoms. The van der Waals surface area contributed by atoms with Crippen molar-refractivity contribution in [1.29, 1.82) is 0 Å².